The summed E-state index contributed by atoms with van der Waals surface area (Å²) in [5.41, 5.74) is 2.83. The van der Waals surface area contributed by atoms with E-state index in [1.807, 2.05) is 0 Å². The Morgan fingerprint density at radius 1 is 1.07 bits per heavy atom. The van der Waals surface area contributed by atoms with Gasteiger partial charge in [-0.15, -0.1) is 0 Å². The Labute approximate surface area is 300 Å². The Balaban J connectivity index is 0.977. The standard InChI is InChI=1S/C24H32N9O18P3/c1-9-27-17-11(19(36)28-9)26-7-32(17)21-13(34)14(44-3)10(48-21)4-46-52(38,39)50-54(42,43)51-53(40,41)47-6-24-5-45-15(16(24)35)22(49-24)33-8-31(2)12-18(33)29-23(25)30-20(12)37/h7-8,10,13-16,21-22,34-35H,4-6H2,1-3H3,(H6-,25,27,28,29,30,36,37,38,39,40,41,42,43)/p+1/t10-,13+,14?,15?,16-,21-,22-,24+/m1/s1. The Morgan fingerprint density at radius 2 is 1.78 bits per heavy atom. The number of phosphoric acid groups is 3. The fourth-order valence-electron chi connectivity index (χ4n) is 6.47. The van der Waals surface area contributed by atoms with E-state index in [2.05, 4.69) is 33.5 Å². The highest BCUT2D eigenvalue weighted by Gasteiger charge is 2.64. The number of nitrogens with two attached hydrogens (primary N) is 1. The van der Waals surface area contributed by atoms with Gasteiger partial charge in [0.2, 0.25) is 11.7 Å². The van der Waals surface area contributed by atoms with Crippen LogP contribution in [0.3, 0.4) is 0 Å². The summed E-state index contributed by atoms with van der Waals surface area (Å²) in [6.45, 7) is -0.784. The minimum absolute atomic E-state index is 0.0417. The number of aliphatic hydroxyl groups excluding tert-OH is 2. The molecule has 0 aliphatic carbocycles. The number of hydrogen-bond donors (Lipinski definition) is 8. The molecule has 5 unspecified atom stereocenters. The first-order valence-corrected chi connectivity index (χ1v) is 20.0. The Morgan fingerprint density at radius 3 is 2.48 bits per heavy atom. The van der Waals surface area contributed by atoms with E-state index in [1.54, 1.807) is 0 Å². The predicted octanol–water partition coefficient (Wildman–Crippen LogP) is -2.76. The van der Waals surface area contributed by atoms with Gasteiger partial charge in [0.15, 0.2) is 23.7 Å². The molecule has 3 fully saturated rings. The van der Waals surface area contributed by atoms with E-state index < -0.39 is 103 Å². The van der Waals surface area contributed by atoms with Crippen LogP contribution < -0.4 is 21.4 Å². The van der Waals surface area contributed by atoms with E-state index in [-0.39, 0.29) is 34.1 Å². The number of hydrogen-bond acceptors (Lipinski definition) is 19. The molecule has 7 heterocycles. The zero-order valence-corrected chi connectivity index (χ0v) is 30.6. The van der Waals surface area contributed by atoms with Crippen LogP contribution in [0.15, 0.2) is 22.2 Å². The number of nitrogens with zero attached hydrogens (tertiary/aromatic N) is 6. The molecule has 0 aromatic carbocycles. The van der Waals surface area contributed by atoms with Crippen molar-refractivity contribution >= 4 is 51.7 Å². The predicted molar refractivity (Wildman–Crippen MR) is 172 cm³/mol. The second-order valence-corrected chi connectivity index (χ2v) is 17.1. The van der Waals surface area contributed by atoms with E-state index in [0.29, 0.717) is 0 Å². The van der Waals surface area contributed by atoms with Gasteiger partial charge in [-0.25, -0.2) is 28.2 Å². The molecule has 4 aromatic rings. The lowest BCUT2D eigenvalue weighted by atomic mass is 10.0. The number of methoxy groups -OCH3 is 1. The molecule has 3 aliphatic rings. The van der Waals surface area contributed by atoms with Crippen LogP contribution in [0, 0.1) is 6.92 Å². The van der Waals surface area contributed by atoms with Gasteiger partial charge in [-0.05, 0) is 6.92 Å². The number of aromatic amines is 2. The molecule has 3 aliphatic heterocycles. The van der Waals surface area contributed by atoms with Crippen molar-refractivity contribution in [3.8, 4) is 0 Å². The second-order valence-electron chi connectivity index (χ2n) is 12.4. The highest BCUT2D eigenvalue weighted by molar-refractivity contribution is 7.66. The number of aromatic nitrogens is 8. The van der Waals surface area contributed by atoms with E-state index >= 15 is 0 Å². The summed E-state index contributed by atoms with van der Waals surface area (Å²) in [6, 6.07) is 0. The lowest BCUT2D eigenvalue weighted by Gasteiger charge is -2.29. The van der Waals surface area contributed by atoms with Gasteiger partial charge in [-0.2, -0.15) is 8.62 Å². The molecule has 9 N–H and O–H groups in total. The number of fused-ring (bicyclic) bond motifs is 4. The zero-order valence-electron chi connectivity index (χ0n) is 28.0. The normalized spacial score (nSPS) is 31.6. The van der Waals surface area contributed by atoms with Crippen LogP contribution in [0.4, 0.5) is 5.95 Å². The second kappa shape index (κ2) is 13.7. The number of phosphoric ester groups is 2. The third-order valence-electron chi connectivity index (χ3n) is 8.76. The largest absolute Gasteiger partial charge is 0.490 e. The molecule has 54 heavy (non-hydrogen) atoms. The molecule has 4 aromatic heterocycles. The molecule has 0 saturated carbocycles. The summed E-state index contributed by atoms with van der Waals surface area (Å²) in [4.78, 5) is 72.4. The molecular formula is C24H33N9O18P3+. The minimum atomic E-state index is -5.96. The van der Waals surface area contributed by atoms with Crippen LogP contribution >= 0.6 is 23.5 Å². The molecule has 11 atom stereocenters. The average molecular weight is 828 g/mol. The van der Waals surface area contributed by atoms with Gasteiger partial charge >= 0.3 is 29.1 Å². The van der Waals surface area contributed by atoms with Crippen LogP contribution in [-0.4, -0.2) is 122 Å². The van der Waals surface area contributed by atoms with Crippen molar-refractivity contribution in [2.45, 2.75) is 55.5 Å². The van der Waals surface area contributed by atoms with Gasteiger partial charge in [0.25, 0.3) is 17.1 Å². The number of imidazole rings is 2. The zero-order chi connectivity index (χ0) is 39.1. The van der Waals surface area contributed by atoms with Gasteiger partial charge in [0.05, 0.1) is 33.2 Å². The molecule has 2 bridgehead atoms. The van der Waals surface area contributed by atoms with Gasteiger partial charge in [-0.1, -0.05) is 4.98 Å². The molecule has 0 radical (unpaired) electrons. The van der Waals surface area contributed by atoms with Crippen molar-refractivity contribution in [1.29, 1.82) is 0 Å². The first-order chi connectivity index (χ1) is 25.2. The molecule has 7 rings (SSSR count). The topological polar surface area (TPSA) is 370 Å². The smallest absolute Gasteiger partial charge is 0.387 e. The fraction of sp³-hybridized carbons (Fsp3) is 0.583. The maximum atomic E-state index is 12.8. The van der Waals surface area contributed by atoms with Crippen molar-refractivity contribution in [1.82, 2.24) is 34.1 Å². The quantitative estimate of drug-likeness (QED) is 0.0500. The number of nitrogens with one attached hydrogen (secondary N) is 2. The van der Waals surface area contributed by atoms with Gasteiger partial charge in [-0.3, -0.25) is 32.8 Å². The lowest BCUT2D eigenvalue weighted by Crippen LogP contribution is -2.50. The van der Waals surface area contributed by atoms with Crippen LogP contribution in [0.2, 0.25) is 0 Å². The summed E-state index contributed by atoms with van der Waals surface area (Å²) >= 11 is 0. The fourth-order valence-corrected chi connectivity index (χ4v) is 10.0. The van der Waals surface area contributed by atoms with Crippen molar-refractivity contribution in [3.63, 3.8) is 0 Å². The number of rotatable bonds is 13. The first kappa shape index (κ1) is 38.9. The molecule has 27 nitrogen and oxygen atoms in total. The van der Waals surface area contributed by atoms with Crippen molar-refractivity contribution in [2.75, 3.05) is 32.7 Å². The monoisotopic (exact) mass is 828 g/mol. The minimum Gasteiger partial charge on any atom is -0.387 e. The van der Waals surface area contributed by atoms with Gasteiger partial charge in [0.1, 0.15) is 41.9 Å². The summed E-state index contributed by atoms with van der Waals surface area (Å²) in [7, 11) is -14.5. The Bertz CT molecular complexity index is 2380. The third-order valence-corrected chi connectivity index (χ3v) is 13.0. The highest BCUT2D eigenvalue weighted by atomic mass is 31.3. The maximum Gasteiger partial charge on any atom is 0.490 e. The number of aliphatic hydroxyl groups is 2. The molecular weight excluding hydrogens is 795 g/mol. The van der Waals surface area contributed by atoms with Gasteiger partial charge < -0.3 is 54.6 Å². The maximum absolute atomic E-state index is 12.8. The van der Waals surface area contributed by atoms with Crippen molar-refractivity contribution in [2.24, 2.45) is 7.05 Å². The van der Waals surface area contributed by atoms with Crippen molar-refractivity contribution < 1.29 is 79.8 Å². The molecule has 0 spiro atoms. The summed E-state index contributed by atoms with van der Waals surface area (Å²) < 4.78 is 82.6. The average Bonchev–Trinajstić information content (AvgIpc) is 3.84. The number of H-pyrrole nitrogens is 2. The Hall–Kier alpha value is -3.33. The number of anilines is 1. The molecule has 3 saturated heterocycles. The summed E-state index contributed by atoms with van der Waals surface area (Å²) in [6.07, 6.45) is -6.57. The number of aryl methyl sites for hydroxylation is 2. The number of nitrogen functional groups attached to an aromatic ring is 1. The van der Waals surface area contributed by atoms with Crippen LogP contribution in [0.1, 0.15) is 18.3 Å². The van der Waals surface area contributed by atoms with E-state index in [4.69, 9.17) is 33.7 Å². The SMILES string of the molecule is COC1[C@@H](COP(=O)(O)OP(=O)(O)OP(=O)(O)OC[C@]23COC([C@H]([n+]4cn(C)c5c(=O)[nH]c(N)nc54)O2)[C@H]3O)O[C@@H](n2cnc3c(=O)[nH]c(C)nc32)[C@H]1O. The van der Waals surface area contributed by atoms with Crippen molar-refractivity contribution in [3.05, 3.63) is 39.2 Å². The van der Waals surface area contributed by atoms with Crippen LogP contribution in [0.5, 0.6) is 0 Å². The van der Waals surface area contributed by atoms with Crippen LogP contribution in [0.25, 0.3) is 22.3 Å². The third kappa shape index (κ3) is 7.00. The first-order valence-electron chi connectivity index (χ1n) is 15.5. The summed E-state index contributed by atoms with van der Waals surface area (Å²) in [5.74, 6) is 0.0167. The van der Waals surface area contributed by atoms with E-state index in [0.717, 1.165) is 0 Å². The summed E-state index contributed by atoms with van der Waals surface area (Å²) in [5, 5.41) is 21.9. The van der Waals surface area contributed by atoms with E-state index in [9.17, 15) is 48.2 Å². The van der Waals surface area contributed by atoms with Gasteiger partial charge in [0, 0.05) is 7.11 Å². The number of ether oxygens (including phenoxy) is 4. The molecule has 30 heteroatoms. The van der Waals surface area contributed by atoms with E-state index in [1.165, 1.54) is 47.4 Å². The lowest BCUT2D eigenvalue weighted by molar-refractivity contribution is -0.752. The molecule has 296 valence electrons. The Kier molecular flexibility index (Phi) is 9.88. The highest BCUT2D eigenvalue weighted by Crippen LogP contribution is 2.68. The van der Waals surface area contributed by atoms with Crippen LogP contribution in [-0.2, 0) is 57.4 Å². The molecule has 0 amide bonds.